The van der Waals surface area contributed by atoms with Crippen molar-refractivity contribution in [1.29, 1.82) is 0 Å². The van der Waals surface area contributed by atoms with Gasteiger partial charge in [0.2, 0.25) is 5.88 Å². The molecular weight excluding hydrogens is 242 g/mol. The van der Waals surface area contributed by atoms with Gasteiger partial charge in [-0.2, -0.15) is 10.1 Å². The molecule has 2 aromatic heterocycles. The van der Waals surface area contributed by atoms with Gasteiger partial charge in [0.05, 0.1) is 18.0 Å². The van der Waals surface area contributed by atoms with Crippen molar-refractivity contribution in [1.82, 2.24) is 19.7 Å². The van der Waals surface area contributed by atoms with Crippen LogP contribution in [-0.4, -0.2) is 26.8 Å². The standard InChI is InChI=1S/C13H17N5O/c1-8-11(14-2)16-12(9-4-5-9)17-13(8)19-10-6-15-18(3)7-10/h6-7,9H,4-5H2,1-3H3,(H,14,16,17). The van der Waals surface area contributed by atoms with Gasteiger partial charge in [0.25, 0.3) is 0 Å². The molecule has 2 heterocycles. The molecule has 1 N–H and O–H groups in total. The third-order valence-electron chi connectivity index (χ3n) is 3.19. The van der Waals surface area contributed by atoms with E-state index in [0.29, 0.717) is 17.5 Å². The number of ether oxygens (including phenoxy) is 1. The topological polar surface area (TPSA) is 64.9 Å². The molecule has 0 bridgehead atoms. The smallest absolute Gasteiger partial charge is 0.227 e. The highest BCUT2D eigenvalue weighted by Crippen LogP contribution is 2.40. The number of hydrogen-bond donors (Lipinski definition) is 1. The van der Waals surface area contributed by atoms with Crippen LogP contribution in [-0.2, 0) is 7.05 Å². The van der Waals surface area contributed by atoms with Gasteiger partial charge in [0.1, 0.15) is 11.6 Å². The lowest BCUT2D eigenvalue weighted by atomic mass is 10.3. The Labute approximate surface area is 111 Å². The molecule has 0 saturated heterocycles. The third kappa shape index (κ3) is 2.38. The molecule has 3 rings (SSSR count). The lowest BCUT2D eigenvalue weighted by molar-refractivity contribution is 0.454. The zero-order valence-electron chi connectivity index (χ0n) is 11.3. The third-order valence-corrected chi connectivity index (χ3v) is 3.19. The summed E-state index contributed by atoms with van der Waals surface area (Å²) in [5.74, 6) is 3.48. The van der Waals surface area contributed by atoms with Crippen LogP contribution >= 0.6 is 0 Å². The monoisotopic (exact) mass is 259 g/mol. The Morgan fingerprint density at radius 1 is 1.37 bits per heavy atom. The first-order valence-corrected chi connectivity index (χ1v) is 6.40. The van der Waals surface area contributed by atoms with Crippen molar-refractivity contribution in [3.63, 3.8) is 0 Å². The summed E-state index contributed by atoms with van der Waals surface area (Å²) >= 11 is 0. The first-order valence-electron chi connectivity index (χ1n) is 6.40. The zero-order valence-corrected chi connectivity index (χ0v) is 11.3. The van der Waals surface area contributed by atoms with Crippen molar-refractivity contribution < 1.29 is 4.74 Å². The maximum absolute atomic E-state index is 5.82. The first-order chi connectivity index (χ1) is 9.17. The molecule has 6 nitrogen and oxygen atoms in total. The summed E-state index contributed by atoms with van der Waals surface area (Å²) in [4.78, 5) is 9.07. The fourth-order valence-electron chi connectivity index (χ4n) is 1.94. The van der Waals surface area contributed by atoms with Crippen LogP contribution in [0.1, 0.15) is 30.1 Å². The Morgan fingerprint density at radius 2 is 2.16 bits per heavy atom. The van der Waals surface area contributed by atoms with Crippen molar-refractivity contribution in [2.75, 3.05) is 12.4 Å². The van der Waals surface area contributed by atoms with E-state index in [1.54, 1.807) is 10.9 Å². The summed E-state index contributed by atoms with van der Waals surface area (Å²) in [7, 11) is 3.72. The van der Waals surface area contributed by atoms with Crippen LogP contribution in [0.25, 0.3) is 0 Å². The van der Waals surface area contributed by atoms with Crippen LogP contribution in [0.3, 0.4) is 0 Å². The van der Waals surface area contributed by atoms with Crippen LogP contribution in [0.15, 0.2) is 12.4 Å². The molecule has 0 aromatic carbocycles. The Bertz CT molecular complexity index is 603. The highest BCUT2D eigenvalue weighted by atomic mass is 16.5. The van der Waals surface area contributed by atoms with Gasteiger partial charge in [0.15, 0.2) is 5.75 Å². The summed E-state index contributed by atoms with van der Waals surface area (Å²) in [5.41, 5.74) is 0.913. The number of anilines is 1. The number of aromatic nitrogens is 4. The van der Waals surface area contributed by atoms with E-state index in [1.807, 2.05) is 27.2 Å². The van der Waals surface area contributed by atoms with Crippen LogP contribution in [0.4, 0.5) is 5.82 Å². The summed E-state index contributed by atoms with van der Waals surface area (Å²) in [6.45, 7) is 1.95. The lowest BCUT2D eigenvalue weighted by Crippen LogP contribution is -2.04. The van der Waals surface area contributed by atoms with Crippen molar-refractivity contribution in [2.45, 2.75) is 25.7 Å². The average Bonchev–Trinajstić information content (AvgIpc) is 3.16. The van der Waals surface area contributed by atoms with E-state index in [1.165, 1.54) is 12.8 Å². The van der Waals surface area contributed by atoms with E-state index in [0.717, 1.165) is 17.2 Å². The van der Waals surface area contributed by atoms with Crippen molar-refractivity contribution >= 4 is 5.82 Å². The van der Waals surface area contributed by atoms with Crippen LogP contribution in [0.5, 0.6) is 11.6 Å². The normalized spacial score (nSPS) is 14.5. The van der Waals surface area contributed by atoms with Gasteiger partial charge in [0, 0.05) is 20.0 Å². The number of nitrogens with zero attached hydrogens (tertiary/aromatic N) is 4. The van der Waals surface area contributed by atoms with E-state index in [2.05, 4.69) is 20.4 Å². The maximum Gasteiger partial charge on any atom is 0.227 e. The maximum atomic E-state index is 5.82. The van der Waals surface area contributed by atoms with Gasteiger partial charge in [-0.15, -0.1) is 0 Å². The molecular formula is C13H17N5O. The van der Waals surface area contributed by atoms with E-state index >= 15 is 0 Å². The predicted octanol–water partition coefficient (Wildman–Crippen LogP) is 2.23. The largest absolute Gasteiger partial charge is 0.435 e. The molecule has 1 aliphatic carbocycles. The Balaban J connectivity index is 1.96. The van der Waals surface area contributed by atoms with Crippen molar-refractivity contribution in [3.05, 3.63) is 23.8 Å². The predicted molar refractivity (Wildman–Crippen MR) is 71.6 cm³/mol. The molecule has 0 atom stereocenters. The van der Waals surface area contributed by atoms with E-state index in [-0.39, 0.29) is 0 Å². The van der Waals surface area contributed by atoms with Gasteiger partial charge in [-0.05, 0) is 19.8 Å². The molecule has 0 radical (unpaired) electrons. The molecule has 1 aliphatic rings. The Kier molecular flexibility index (Phi) is 2.85. The van der Waals surface area contributed by atoms with Crippen LogP contribution in [0.2, 0.25) is 0 Å². The highest BCUT2D eigenvalue weighted by molar-refractivity contribution is 5.49. The van der Waals surface area contributed by atoms with Gasteiger partial charge < -0.3 is 10.1 Å². The SMILES string of the molecule is CNc1nc(C2CC2)nc(Oc2cnn(C)c2)c1C. The second-order valence-corrected chi connectivity index (χ2v) is 4.84. The molecule has 6 heteroatoms. The quantitative estimate of drug-likeness (QED) is 0.912. The highest BCUT2D eigenvalue weighted by Gasteiger charge is 2.28. The van der Waals surface area contributed by atoms with Gasteiger partial charge in [-0.3, -0.25) is 4.68 Å². The minimum atomic E-state index is 0.490. The Hall–Kier alpha value is -2.11. The van der Waals surface area contributed by atoms with E-state index in [9.17, 15) is 0 Å². The Morgan fingerprint density at radius 3 is 2.74 bits per heavy atom. The van der Waals surface area contributed by atoms with Gasteiger partial charge >= 0.3 is 0 Å². The van der Waals surface area contributed by atoms with E-state index < -0.39 is 0 Å². The second-order valence-electron chi connectivity index (χ2n) is 4.84. The molecule has 0 amide bonds. The van der Waals surface area contributed by atoms with Gasteiger partial charge in [-0.1, -0.05) is 0 Å². The molecule has 100 valence electrons. The lowest BCUT2D eigenvalue weighted by Gasteiger charge is -2.11. The second kappa shape index (κ2) is 4.53. The number of aryl methyl sites for hydroxylation is 1. The molecule has 19 heavy (non-hydrogen) atoms. The number of hydrogen-bond acceptors (Lipinski definition) is 5. The van der Waals surface area contributed by atoms with Crippen molar-refractivity contribution in [3.8, 4) is 11.6 Å². The molecule has 1 saturated carbocycles. The molecule has 0 aliphatic heterocycles. The number of nitrogens with one attached hydrogen (secondary N) is 1. The summed E-state index contributed by atoms with van der Waals surface area (Å²) < 4.78 is 7.52. The molecule has 0 spiro atoms. The fourth-order valence-corrected chi connectivity index (χ4v) is 1.94. The molecule has 0 unspecified atom stereocenters. The van der Waals surface area contributed by atoms with Crippen LogP contribution < -0.4 is 10.1 Å². The zero-order chi connectivity index (χ0) is 13.4. The molecule has 2 aromatic rings. The minimum absolute atomic E-state index is 0.490. The number of rotatable bonds is 4. The summed E-state index contributed by atoms with van der Waals surface area (Å²) in [6.07, 6.45) is 5.83. The first kappa shape index (κ1) is 12.0. The van der Waals surface area contributed by atoms with E-state index in [4.69, 9.17) is 4.74 Å². The minimum Gasteiger partial charge on any atom is -0.435 e. The average molecular weight is 259 g/mol. The molecule has 1 fully saturated rings. The summed E-state index contributed by atoms with van der Waals surface area (Å²) in [5, 5.41) is 7.19. The summed E-state index contributed by atoms with van der Waals surface area (Å²) in [6, 6.07) is 0. The van der Waals surface area contributed by atoms with Crippen molar-refractivity contribution in [2.24, 2.45) is 7.05 Å². The fraction of sp³-hybridized carbons (Fsp3) is 0.462. The van der Waals surface area contributed by atoms with Crippen LogP contribution in [0, 0.1) is 6.92 Å². The van der Waals surface area contributed by atoms with Gasteiger partial charge in [-0.25, -0.2) is 4.98 Å².